The molecule has 1 saturated carbocycles. The number of aliphatic hydroxyl groups is 1. The molecule has 0 aromatic carbocycles. The van der Waals surface area contributed by atoms with Gasteiger partial charge in [-0.3, -0.25) is 5.84 Å². The molecule has 0 amide bonds. The molecule has 0 radical (unpaired) electrons. The Balaban J connectivity index is 1.94. The van der Waals surface area contributed by atoms with E-state index >= 15 is 0 Å². The van der Waals surface area contributed by atoms with Crippen LogP contribution in [0.5, 0.6) is 0 Å². The van der Waals surface area contributed by atoms with Crippen LogP contribution in [0.2, 0.25) is 0 Å². The fourth-order valence-electron chi connectivity index (χ4n) is 1.54. The topological polar surface area (TPSA) is 49.5 Å². The third kappa shape index (κ3) is 0.764. The molecule has 0 unspecified atom stereocenters. The molecular formula is C6H12N2O. The van der Waals surface area contributed by atoms with Crippen LogP contribution < -0.4 is 5.84 Å². The number of nitrogens with two attached hydrogens (primary N) is 1. The molecule has 9 heavy (non-hydrogen) atoms. The van der Waals surface area contributed by atoms with Gasteiger partial charge in [-0.25, -0.2) is 5.01 Å². The molecule has 0 spiro atoms. The quantitative estimate of drug-likeness (QED) is 0.460. The molecule has 1 aliphatic heterocycles. The molecule has 3 N–H and O–H groups in total. The van der Waals surface area contributed by atoms with Crippen molar-refractivity contribution in [2.75, 3.05) is 13.1 Å². The maximum Gasteiger partial charge on any atom is 0.0955 e. The van der Waals surface area contributed by atoms with E-state index < -0.39 is 5.60 Å². The fourth-order valence-corrected chi connectivity index (χ4v) is 1.54. The summed E-state index contributed by atoms with van der Waals surface area (Å²) in [6.45, 7) is 1.36. The largest absolute Gasteiger partial charge is 0.387 e. The van der Waals surface area contributed by atoms with Crippen molar-refractivity contribution in [2.24, 2.45) is 11.8 Å². The van der Waals surface area contributed by atoms with E-state index in [0.29, 0.717) is 19.0 Å². The zero-order chi connectivity index (χ0) is 6.48. The lowest BCUT2D eigenvalue weighted by Gasteiger charge is -2.44. The lowest BCUT2D eigenvalue weighted by Crippen LogP contribution is -2.65. The van der Waals surface area contributed by atoms with E-state index in [2.05, 4.69) is 0 Å². The van der Waals surface area contributed by atoms with Gasteiger partial charge in [0.1, 0.15) is 0 Å². The zero-order valence-corrected chi connectivity index (χ0v) is 5.38. The van der Waals surface area contributed by atoms with Crippen LogP contribution in [0.3, 0.4) is 0 Å². The van der Waals surface area contributed by atoms with Crippen LogP contribution in [0.4, 0.5) is 0 Å². The smallest absolute Gasteiger partial charge is 0.0955 e. The average molecular weight is 128 g/mol. The summed E-state index contributed by atoms with van der Waals surface area (Å²) in [7, 11) is 0. The molecule has 3 nitrogen and oxygen atoms in total. The molecule has 0 aromatic rings. The highest BCUT2D eigenvalue weighted by Crippen LogP contribution is 2.43. The van der Waals surface area contributed by atoms with Crippen molar-refractivity contribution < 1.29 is 5.11 Å². The summed E-state index contributed by atoms with van der Waals surface area (Å²) in [6.07, 6.45) is 2.40. The van der Waals surface area contributed by atoms with E-state index in [1.54, 1.807) is 5.01 Å². The molecule has 1 aliphatic carbocycles. The number of hydrogen-bond donors (Lipinski definition) is 2. The maximum atomic E-state index is 9.60. The lowest BCUT2D eigenvalue weighted by atomic mass is 9.91. The van der Waals surface area contributed by atoms with Gasteiger partial charge in [0.25, 0.3) is 0 Å². The summed E-state index contributed by atoms with van der Waals surface area (Å²) >= 11 is 0. The second-order valence-corrected chi connectivity index (χ2v) is 3.28. The molecular weight excluding hydrogens is 116 g/mol. The fraction of sp³-hybridized carbons (Fsp3) is 1.00. The first-order valence-electron chi connectivity index (χ1n) is 3.43. The van der Waals surface area contributed by atoms with Crippen molar-refractivity contribution in [3.63, 3.8) is 0 Å². The molecule has 0 bridgehead atoms. The van der Waals surface area contributed by atoms with Crippen molar-refractivity contribution in [1.29, 1.82) is 0 Å². The van der Waals surface area contributed by atoms with Crippen LogP contribution in [-0.4, -0.2) is 28.8 Å². The van der Waals surface area contributed by atoms with E-state index in [9.17, 15) is 5.11 Å². The van der Waals surface area contributed by atoms with E-state index in [-0.39, 0.29) is 0 Å². The Labute approximate surface area is 54.4 Å². The van der Waals surface area contributed by atoms with E-state index in [0.717, 1.165) is 0 Å². The molecule has 0 atom stereocenters. The first-order chi connectivity index (χ1) is 4.21. The minimum atomic E-state index is -0.394. The highest BCUT2D eigenvalue weighted by atomic mass is 16.3. The van der Waals surface area contributed by atoms with Gasteiger partial charge in [0.05, 0.1) is 5.60 Å². The Morgan fingerprint density at radius 1 is 1.44 bits per heavy atom. The van der Waals surface area contributed by atoms with Gasteiger partial charge in [-0.15, -0.1) is 0 Å². The highest BCUT2D eigenvalue weighted by molar-refractivity contribution is 5.03. The second kappa shape index (κ2) is 1.48. The van der Waals surface area contributed by atoms with Crippen molar-refractivity contribution >= 4 is 0 Å². The predicted octanol–water partition coefficient (Wildman–Crippen LogP) is -0.683. The summed E-state index contributed by atoms with van der Waals surface area (Å²) in [5.41, 5.74) is -0.394. The Morgan fingerprint density at radius 3 is 2.33 bits per heavy atom. The van der Waals surface area contributed by atoms with Crippen molar-refractivity contribution in [3.05, 3.63) is 0 Å². The van der Waals surface area contributed by atoms with Crippen molar-refractivity contribution in [1.82, 2.24) is 5.01 Å². The van der Waals surface area contributed by atoms with Gasteiger partial charge in [0.15, 0.2) is 0 Å². The maximum absolute atomic E-state index is 9.60. The van der Waals surface area contributed by atoms with Crippen LogP contribution in [0, 0.1) is 5.92 Å². The first kappa shape index (κ1) is 5.65. The number of β-amino-alcohol motifs (C(OH)–C–C–N with tert-alkyl or cyclic N) is 1. The summed E-state index contributed by atoms with van der Waals surface area (Å²) in [4.78, 5) is 0. The van der Waals surface area contributed by atoms with Crippen LogP contribution in [-0.2, 0) is 0 Å². The molecule has 2 fully saturated rings. The Kier molecular flexibility index (Phi) is 0.928. The number of rotatable bonds is 1. The van der Waals surface area contributed by atoms with Gasteiger partial charge in [-0.05, 0) is 18.8 Å². The molecule has 2 rings (SSSR count). The molecule has 3 heteroatoms. The number of hydrazine groups is 1. The summed E-state index contributed by atoms with van der Waals surface area (Å²) in [5.74, 6) is 5.96. The van der Waals surface area contributed by atoms with Gasteiger partial charge >= 0.3 is 0 Å². The van der Waals surface area contributed by atoms with Gasteiger partial charge in [-0.1, -0.05) is 0 Å². The normalized spacial score (nSPS) is 34.0. The third-order valence-corrected chi connectivity index (χ3v) is 2.29. The van der Waals surface area contributed by atoms with Crippen LogP contribution >= 0.6 is 0 Å². The standard InChI is InChI=1S/C6H12N2O/c7-8-3-6(9,4-8)5-1-2-5/h5,9H,1-4,7H2. The third-order valence-electron chi connectivity index (χ3n) is 2.29. The molecule has 1 saturated heterocycles. The minimum Gasteiger partial charge on any atom is -0.387 e. The highest BCUT2D eigenvalue weighted by Gasteiger charge is 2.50. The molecule has 2 aliphatic rings. The SMILES string of the molecule is NN1CC(O)(C2CC2)C1. The summed E-state index contributed by atoms with van der Waals surface area (Å²) in [5, 5.41) is 11.3. The van der Waals surface area contributed by atoms with Crippen molar-refractivity contribution in [3.8, 4) is 0 Å². The van der Waals surface area contributed by atoms with Gasteiger partial charge in [0, 0.05) is 13.1 Å². The average Bonchev–Trinajstić information content (AvgIpc) is 2.39. The minimum absolute atomic E-state index is 0.394. The lowest BCUT2D eigenvalue weighted by molar-refractivity contribution is -0.113. The predicted molar refractivity (Wildman–Crippen MR) is 33.4 cm³/mol. The van der Waals surface area contributed by atoms with Gasteiger partial charge < -0.3 is 5.11 Å². The monoisotopic (exact) mass is 128 g/mol. The Hall–Kier alpha value is -0.120. The number of hydrogen-bond acceptors (Lipinski definition) is 3. The zero-order valence-electron chi connectivity index (χ0n) is 5.38. The number of nitrogens with zero attached hydrogens (tertiary/aromatic N) is 1. The van der Waals surface area contributed by atoms with E-state index in [1.807, 2.05) is 0 Å². The van der Waals surface area contributed by atoms with Crippen LogP contribution in [0.25, 0.3) is 0 Å². The van der Waals surface area contributed by atoms with E-state index in [1.165, 1.54) is 12.8 Å². The molecule has 52 valence electrons. The van der Waals surface area contributed by atoms with Crippen LogP contribution in [0.15, 0.2) is 0 Å². The van der Waals surface area contributed by atoms with E-state index in [4.69, 9.17) is 5.84 Å². The summed E-state index contributed by atoms with van der Waals surface area (Å²) in [6, 6.07) is 0. The Morgan fingerprint density at radius 2 is 2.00 bits per heavy atom. The first-order valence-corrected chi connectivity index (χ1v) is 3.43. The van der Waals surface area contributed by atoms with Crippen LogP contribution in [0.1, 0.15) is 12.8 Å². The Bertz CT molecular complexity index is 127. The van der Waals surface area contributed by atoms with Gasteiger partial charge in [-0.2, -0.15) is 0 Å². The summed E-state index contributed by atoms with van der Waals surface area (Å²) < 4.78 is 0. The molecule has 1 heterocycles. The molecule has 0 aromatic heterocycles. The second-order valence-electron chi connectivity index (χ2n) is 3.28. The van der Waals surface area contributed by atoms with Gasteiger partial charge in [0.2, 0.25) is 0 Å². The van der Waals surface area contributed by atoms with Crippen molar-refractivity contribution in [2.45, 2.75) is 18.4 Å².